The molecule has 0 aromatic carbocycles. The van der Waals surface area contributed by atoms with Crippen molar-refractivity contribution in [1.29, 1.82) is 0 Å². The van der Waals surface area contributed by atoms with Crippen molar-refractivity contribution >= 4 is 5.69 Å². The van der Waals surface area contributed by atoms with Gasteiger partial charge in [0.25, 0.3) is 0 Å². The molecule has 1 unspecified atom stereocenters. The zero-order valence-corrected chi connectivity index (χ0v) is 7.35. The minimum atomic E-state index is -0.103. The standard InChI is InChI=1S/C9H14N2O2/c12-5-3-9(7-13)11-8-2-1-4-10-6-8/h1-2,4,6,9,11-13H,3,5,7H2. The van der Waals surface area contributed by atoms with Crippen molar-refractivity contribution in [3.63, 3.8) is 0 Å². The van der Waals surface area contributed by atoms with Crippen LogP contribution in [-0.2, 0) is 0 Å². The second-order valence-electron chi connectivity index (χ2n) is 2.78. The zero-order valence-electron chi connectivity index (χ0n) is 7.35. The van der Waals surface area contributed by atoms with Crippen molar-refractivity contribution in [3.05, 3.63) is 24.5 Å². The van der Waals surface area contributed by atoms with Crippen molar-refractivity contribution in [1.82, 2.24) is 4.98 Å². The van der Waals surface area contributed by atoms with Crippen LogP contribution in [0.1, 0.15) is 6.42 Å². The quantitative estimate of drug-likeness (QED) is 0.610. The summed E-state index contributed by atoms with van der Waals surface area (Å²) in [5.74, 6) is 0. The molecule has 0 aliphatic heterocycles. The molecule has 0 fully saturated rings. The number of hydrogen-bond acceptors (Lipinski definition) is 4. The highest BCUT2D eigenvalue weighted by atomic mass is 16.3. The molecular formula is C9H14N2O2. The van der Waals surface area contributed by atoms with E-state index in [0.29, 0.717) is 6.42 Å². The number of aromatic nitrogens is 1. The maximum Gasteiger partial charge on any atom is 0.0633 e. The highest BCUT2D eigenvalue weighted by molar-refractivity contribution is 5.40. The van der Waals surface area contributed by atoms with Gasteiger partial charge in [0.15, 0.2) is 0 Å². The summed E-state index contributed by atoms with van der Waals surface area (Å²) >= 11 is 0. The van der Waals surface area contributed by atoms with Gasteiger partial charge in [0.05, 0.1) is 18.3 Å². The molecule has 0 saturated carbocycles. The molecule has 0 aliphatic rings. The Hall–Kier alpha value is -1.13. The van der Waals surface area contributed by atoms with Gasteiger partial charge in [-0.05, 0) is 18.6 Å². The number of rotatable bonds is 5. The fraction of sp³-hybridized carbons (Fsp3) is 0.444. The van der Waals surface area contributed by atoms with E-state index < -0.39 is 0 Å². The predicted molar refractivity (Wildman–Crippen MR) is 50.4 cm³/mol. The fourth-order valence-corrected chi connectivity index (χ4v) is 1.05. The van der Waals surface area contributed by atoms with E-state index in [9.17, 15) is 0 Å². The Kier molecular flexibility index (Phi) is 4.21. The minimum Gasteiger partial charge on any atom is -0.396 e. The summed E-state index contributed by atoms with van der Waals surface area (Å²) < 4.78 is 0. The van der Waals surface area contributed by atoms with Crippen molar-refractivity contribution in [2.45, 2.75) is 12.5 Å². The van der Waals surface area contributed by atoms with Crippen LogP contribution in [0.3, 0.4) is 0 Å². The van der Waals surface area contributed by atoms with Crippen LogP contribution in [-0.4, -0.2) is 34.5 Å². The van der Waals surface area contributed by atoms with E-state index in [1.165, 1.54) is 0 Å². The lowest BCUT2D eigenvalue weighted by Crippen LogP contribution is -2.24. The number of nitrogens with zero attached hydrogens (tertiary/aromatic N) is 1. The predicted octanol–water partition coefficient (Wildman–Crippen LogP) is 0.237. The number of hydrogen-bond donors (Lipinski definition) is 3. The van der Waals surface area contributed by atoms with E-state index in [2.05, 4.69) is 10.3 Å². The second kappa shape index (κ2) is 5.50. The normalized spacial score (nSPS) is 12.5. The number of pyridine rings is 1. The third-order valence-electron chi connectivity index (χ3n) is 1.73. The average Bonchev–Trinajstić information content (AvgIpc) is 2.19. The summed E-state index contributed by atoms with van der Waals surface area (Å²) in [4.78, 5) is 3.93. The van der Waals surface area contributed by atoms with E-state index in [4.69, 9.17) is 10.2 Å². The Morgan fingerprint density at radius 3 is 2.85 bits per heavy atom. The summed E-state index contributed by atoms with van der Waals surface area (Å²) in [6.07, 6.45) is 3.90. The van der Waals surface area contributed by atoms with Gasteiger partial charge in [0, 0.05) is 19.0 Å². The molecule has 1 heterocycles. The number of aliphatic hydroxyl groups excluding tert-OH is 2. The van der Waals surface area contributed by atoms with Gasteiger partial charge in [-0.25, -0.2) is 0 Å². The molecule has 4 heteroatoms. The SMILES string of the molecule is OCCC(CO)Nc1cccnc1. The van der Waals surface area contributed by atoms with Crippen LogP contribution in [0.4, 0.5) is 5.69 Å². The number of nitrogens with one attached hydrogen (secondary N) is 1. The fourth-order valence-electron chi connectivity index (χ4n) is 1.05. The first-order valence-corrected chi connectivity index (χ1v) is 4.25. The topological polar surface area (TPSA) is 65.4 Å². The Bertz CT molecular complexity index is 228. The van der Waals surface area contributed by atoms with Gasteiger partial charge in [-0.2, -0.15) is 0 Å². The van der Waals surface area contributed by atoms with Crippen LogP contribution in [0, 0.1) is 0 Å². The molecule has 1 rings (SSSR count). The van der Waals surface area contributed by atoms with Gasteiger partial charge in [-0.15, -0.1) is 0 Å². The van der Waals surface area contributed by atoms with Gasteiger partial charge >= 0.3 is 0 Å². The lowest BCUT2D eigenvalue weighted by Gasteiger charge is -2.15. The van der Waals surface area contributed by atoms with E-state index >= 15 is 0 Å². The third kappa shape index (κ3) is 3.40. The largest absolute Gasteiger partial charge is 0.396 e. The van der Waals surface area contributed by atoms with Crippen molar-refractivity contribution < 1.29 is 10.2 Å². The monoisotopic (exact) mass is 182 g/mol. The first-order chi connectivity index (χ1) is 6.36. The maximum absolute atomic E-state index is 8.92. The van der Waals surface area contributed by atoms with Gasteiger partial charge in [0.2, 0.25) is 0 Å². The molecule has 0 radical (unpaired) electrons. The van der Waals surface area contributed by atoms with Crippen LogP contribution in [0.5, 0.6) is 0 Å². The van der Waals surface area contributed by atoms with Gasteiger partial charge in [0.1, 0.15) is 0 Å². The molecule has 13 heavy (non-hydrogen) atoms. The molecule has 0 amide bonds. The Morgan fingerprint density at radius 2 is 2.31 bits per heavy atom. The zero-order chi connectivity index (χ0) is 9.52. The molecule has 1 aromatic rings. The molecule has 0 bridgehead atoms. The van der Waals surface area contributed by atoms with E-state index in [0.717, 1.165) is 5.69 Å². The van der Waals surface area contributed by atoms with Crippen molar-refractivity contribution in [2.75, 3.05) is 18.5 Å². The molecule has 0 aliphatic carbocycles. The average molecular weight is 182 g/mol. The Balaban J connectivity index is 2.46. The van der Waals surface area contributed by atoms with Crippen LogP contribution < -0.4 is 5.32 Å². The summed E-state index contributed by atoms with van der Waals surface area (Å²) in [6.45, 7) is 0.0773. The van der Waals surface area contributed by atoms with Crippen molar-refractivity contribution in [2.24, 2.45) is 0 Å². The summed E-state index contributed by atoms with van der Waals surface area (Å²) in [5.41, 5.74) is 0.856. The molecule has 0 spiro atoms. The number of anilines is 1. The molecule has 0 saturated heterocycles. The van der Waals surface area contributed by atoms with Gasteiger partial charge in [-0.1, -0.05) is 0 Å². The van der Waals surface area contributed by atoms with E-state index in [1.54, 1.807) is 12.4 Å². The first kappa shape index (κ1) is 9.95. The van der Waals surface area contributed by atoms with Crippen LogP contribution in [0.2, 0.25) is 0 Å². The Labute approximate surface area is 77.2 Å². The van der Waals surface area contributed by atoms with Crippen LogP contribution in [0.25, 0.3) is 0 Å². The lowest BCUT2D eigenvalue weighted by atomic mass is 10.2. The third-order valence-corrected chi connectivity index (χ3v) is 1.73. The first-order valence-electron chi connectivity index (χ1n) is 4.25. The van der Waals surface area contributed by atoms with Crippen LogP contribution in [0.15, 0.2) is 24.5 Å². The van der Waals surface area contributed by atoms with E-state index in [1.807, 2.05) is 12.1 Å². The molecule has 4 nitrogen and oxygen atoms in total. The van der Waals surface area contributed by atoms with E-state index in [-0.39, 0.29) is 19.3 Å². The molecule has 72 valence electrons. The van der Waals surface area contributed by atoms with Gasteiger partial charge < -0.3 is 15.5 Å². The summed E-state index contributed by atoms with van der Waals surface area (Å²) in [6, 6.07) is 3.58. The second-order valence-corrected chi connectivity index (χ2v) is 2.78. The van der Waals surface area contributed by atoms with Crippen molar-refractivity contribution in [3.8, 4) is 0 Å². The number of aliphatic hydroxyl groups is 2. The molecular weight excluding hydrogens is 168 g/mol. The summed E-state index contributed by atoms with van der Waals surface area (Å²) in [7, 11) is 0. The molecule has 1 aromatic heterocycles. The minimum absolute atomic E-state index is 0.00938. The molecule has 1 atom stereocenters. The lowest BCUT2D eigenvalue weighted by molar-refractivity contribution is 0.229. The smallest absolute Gasteiger partial charge is 0.0633 e. The Morgan fingerprint density at radius 1 is 1.46 bits per heavy atom. The summed E-state index contributed by atoms with van der Waals surface area (Å²) in [5, 5.41) is 20.7. The highest BCUT2D eigenvalue weighted by Gasteiger charge is 2.05. The van der Waals surface area contributed by atoms with Crippen LogP contribution >= 0.6 is 0 Å². The van der Waals surface area contributed by atoms with Gasteiger partial charge in [-0.3, -0.25) is 4.98 Å². The molecule has 3 N–H and O–H groups in total. The maximum atomic E-state index is 8.92. The highest BCUT2D eigenvalue weighted by Crippen LogP contribution is 2.06.